The Balaban J connectivity index is 1.25. The summed E-state index contributed by atoms with van der Waals surface area (Å²) in [7, 11) is 2.98. The fourth-order valence-electron chi connectivity index (χ4n) is 11.3. The van der Waals surface area contributed by atoms with Gasteiger partial charge in [-0.25, -0.2) is 4.79 Å². The van der Waals surface area contributed by atoms with E-state index in [4.69, 9.17) is 43.0 Å². The number of rotatable bonds is 10. The molecule has 71 heavy (non-hydrogen) atoms. The molecule has 8 bridgehead atoms. The first-order valence-electron chi connectivity index (χ1n) is 26.0. The van der Waals surface area contributed by atoms with Gasteiger partial charge in [0, 0.05) is 64.6 Å². The van der Waals surface area contributed by atoms with E-state index in [1.165, 1.54) is 20.3 Å². The first kappa shape index (κ1) is 57.8. The van der Waals surface area contributed by atoms with Crippen LogP contribution in [0.25, 0.3) is 0 Å². The maximum Gasteiger partial charge on any atom is 0.332 e. The average Bonchev–Trinajstić information content (AvgIpc) is 3.32. The molecule has 0 aromatic rings. The van der Waals surface area contributed by atoms with Crippen molar-refractivity contribution in [2.24, 2.45) is 17.8 Å². The number of ether oxygens (including phenoxy) is 8. The van der Waals surface area contributed by atoms with Crippen molar-refractivity contribution in [3.8, 4) is 0 Å². The molecule has 19 nitrogen and oxygen atoms in total. The van der Waals surface area contributed by atoms with E-state index in [0.29, 0.717) is 51.4 Å². The molecule has 6 heterocycles. The highest BCUT2D eigenvalue weighted by Crippen LogP contribution is 2.48. The van der Waals surface area contributed by atoms with Gasteiger partial charge < -0.3 is 83.9 Å². The van der Waals surface area contributed by atoms with Gasteiger partial charge in [-0.2, -0.15) is 0 Å². The van der Waals surface area contributed by atoms with Gasteiger partial charge in [0.1, 0.15) is 24.4 Å². The molecule has 5 fully saturated rings. The number of aliphatic carboxylic acids is 1. The quantitative estimate of drug-likeness (QED) is 0.112. The van der Waals surface area contributed by atoms with Crippen LogP contribution < -0.4 is 0 Å². The smallest absolute Gasteiger partial charge is 0.332 e. The Kier molecular flexibility index (Phi) is 21.1. The standard InChI is InChI=1S/C52H84O19/c1-30-18-21-50-23-20-40(64-4)48(70-50)47(60)45(58)31(2)16-17-39-46(59)43(65-5)28-51(68-39)22-19-32(3)52(63,71-51)29-42(37(55)14-9-7-6-8-10-15-38(56)49(61)62)67-44(57)27-36-13-11-12-35(66-36)25-33(53)24-34(54)26-41(30)69-50/h7-10,18,21,30-43,45-48,53-56,58-60,63H,6,11-17,19-20,22-29H2,1-5H3,(H,61,62)/b9-7+,10-8-/t30?,31?,32?,33?,34?,35?,36?,37?,38?,39-,40+,41-,42?,43-,45?,46-,47?,48?,50+,51?,52?/m1/s1. The number of cyclic esters (lactones) is 1. The summed E-state index contributed by atoms with van der Waals surface area (Å²) in [6.45, 7) is 5.53. The number of carboxylic acids is 1. The number of carbonyl (C=O) groups excluding carboxylic acids is 1. The summed E-state index contributed by atoms with van der Waals surface area (Å²) >= 11 is 0. The van der Waals surface area contributed by atoms with Gasteiger partial charge >= 0.3 is 11.9 Å². The minimum Gasteiger partial charge on any atom is -0.479 e. The third kappa shape index (κ3) is 15.3. The molecule has 6 aliphatic rings. The van der Waals surface area contributed by atoms with E-state index >= 15 is 0 Å². The molecule has 0 aliphatic carbocycles. The number of fused-ring (bicyclic) bond motifs is 6. The minimum atomic E-state index is -2.01. The van der Waals surface area contributed by atoms with Crippen LogP contribution in [0.5, 0.6) is 0 Å². The van der Waals surface area contributed by atoms with E-state index < -0.39 is 133 Å². The fraction of sp³-hybridized carbons (Fsp3) is 0.846. The Bertz CT molecular complexity index is 1780. The number of aliphatic hydroxyl groups is 8. The molecule has 0 aromatic carbocycles. The minimum absolute atomic E-state index is 0.00247. The number of hydrogen-bond donors (Lipinski definition) is 9. The van der Waals surface area contributed by atoms with Crippen LogP contribution in [-0.4, -0.2) is 181 Å². The molecule has 19 heteroatoms. The molecule has 9 N–H and O–H groups in total. The molecule has 2 spiro atoms. The summed E-state index contributed by atoms with van der Waals surface area (Å²) in [5.74, 6) is -7.95. The van der Waals surface area contributed by atoms with Crippen LogP contribution in [0, 0.1) is 17.8 Å². The van der Waals surface area contributed by atoms with Crippen molar-refractivity contribution in [2.75, 3.05) is 14.2 Å². The zero-order valence-electron chi connectivity index (χ0n) is 42.2. The first-order chi connectivity index (χ1) is 33.7. The van der Waals surface area contributed by atoms with Gasteiger partial charge in [0.2, 0.25) is 0 Å². The molecule has 5 saturated heterocycles. The van der Waals surface area contributed by atoms with Crippen LogP contribution in [0.4, 0.5) is 0 Å². The number of hydrogen-bond acceptors (Lipinski definition) is 18. The first-order valence-corrected chi connectivity index (χ1v) is 26.0. The van der Waals surface area contributed by atoms with E-state index in [0.717, 1.165) is 0 Å². The maximum atomic E-state index is 13.9. The lowest BCUT2D eigenvalue weighted by atomic mass is 9.80. The summed E-state index contributed by atoms with van der Waals surface area (Å²) in [6, 6.07) is 0. The molecule has 406 valence electrons. The Morgan fingerprint density at radius 2 is 1.48 bits per heavy atom. The molecular weight excluding hydrogens is 929 g/mol. The van der Waals surface area contributed by atoms with E-state index in [9.17, 15) is 50.4 Å². The Hall–Kier alpha value is -2.44. The van der Waals surface area contributed by atoms with E-state index in [1.54, 1.807) is 32.1 Å². The molecule has 6 rings (SSSR count). The number of allylic oxidation sites excluding steroid dienone is 2. The molecule has 0 amide bonds. The third-order valence-corrected chi connectivity index (χ3v) is 15.8. The highest BCUT2D eigenvalue weighted by molar-refractivity contribution is 5.72. The maximum absolute atomic E-state index is 13.9. The van der Waals surface area contributed by atoms with Crippen molar-refractivity contribution in [3.05, 3.63) is 36.5 Å². The number of esters is 1. The second-order valence-corrected chi connectivity index (χ2v) is 21.4. The Morgan fingerprint density at radius 3 is 2.20 bits per heavy atom. The van der Waals surface area contributed by atoms with Crippen molar-refractivity contribution in [2.45, 2.75) is 245 Å². The van der Waals surface area contributed by atoms with Crippen LogP contribution >= 0.6 is 0 Å². The second-order valence-electron chi connectivity index (χ2n) is 21.4. The van der Waals surface area contributed by atoms with Crippen LogP contribution in [0.1, 0.15) is 136 Å². The summed E-state index contributed by atoms with van der Waals surface area (Å²) in [5, 5.41) is 100. The summed E-state index contributed by atoms with van der Waals surface area (Å²) in [4.78, 5) is 24.8. The Labute approximate surface area is 418 Å². The summed E-state index contributed by atoms with van der Waals surface area (Å²) in [6.07, 6.45) is -0.0237. The lowest BCUT2D eigenvalue weighted by Gasteiger charge is -2.54. The molecule has 0 aromatic heterocycles. The molecule has 21 atom stereocenters. The van der Waals surface area contributed by atoms with Gasteiger partial charge in [0.05, 0.1) is 67.5 Å². The average molecular weight is 1010 g/mol. The van der Waals surface area contributed by atoms with Gasteiger partial charge in [0.15, 0.2) is 23.5 Å². The highest BCUT2D eigenvalue weighted by atomic mass is 16.8. The predicted molar refractivity (Wildman–Crippen MR) is 254 cm³/mol. The normalized spacial score (nSPS) is 44.5. The molecular formula is C52H84O19. The van der Waals surface area contributed by atoms with Crippen LogP contribution in [0.2, 0.25) is 0 Å². The lowest BCUT2D eigenvalue weighted by Crippen LogP contribution is -2.63. The van der Waals surface area contributed by atoms with Crippen LogP contribution in [-0.2, 0) is 47.5 Å². The zero-order chi connectivity index (χ0) is 51.7. The van der Waals surface area contributed by atoms with E-state index in [1.807, 2.05) is 19.1 Å². The van der Waals surface area contributed by atoms with E-state index in [2.05, 4.69) is 0 Å². The van der Waals surface area contributed by atoms with Gasteiger partial charge in [-0.3, -0.25) is 4.79 Å². The third-order valence-electron chi connectivity index (χ3n) is 15.8. The van der Waals surface area contributed by atoms with Gasteiger partial charge in [-0.05, 0) is 82.6 Å². The molecule has 15 unspecified atom stereocenters. The van der Waals surface area contributed by atoms with Gasteiger partial charge in [-0.15, -0.1) is 0 Å². The number of methoxy groups -OCH3 is 2. The molecule has 0 radical (unpaired) electrons. The number of carboxylic acid groups (broad SMARTS) is 1. The predicted octanol–water partition coefficient (Wildman–Crippen LogP) is 3.23. The van der Waals surface area contributed by atoms with Crippen molar-refractivity contribution >= 4 is 11.9 Å². The monoisotopic (exact) mass is 1010 g/mol. The second kappa shape index (κ2) is 25.9. The van der Waals surface area contributed by atoms with Crippen molar-refractivity contribution in [1.29, 1.82) is 0 Å². The lowest BCUT2D eigenvalue weighted by molar-refractivity contribution is -0.423. The number of carbonyl (C=O) groups is 2. The highest BCUT2D eigenvalue weighted by Gasteiger charge is 2.57. The van der Waals surface area contributed by atoms with E-state index in [-0.39, 0.29) is 70.1 Å². The van der Waals surface area contributed by atoms with Crippen LogP contribution in [0.3, 0.4) is 0 Å². The van der Waals surface area contributed by atoms with Gasteiger partial charge in [-0.1, -0.05) is 51.2 Å². The van der Waals surface area contributed by atoms with Crippen molar-refractivity contribution < 1.29 is 93.4 Å². The van der Waals surface area contributed by atoms with Crippen molar-refractivity contribution in [3.63, 3.8) is 0 Å². The molecule has 6 aliphatic heterocycles. The largest absolute Gasteiger partial charge is 0.479 e. The zero-order valence-corrected chi connectivity index (χ0v) is 42.2. The van der Waals surface area contributed by atoms with Crippen molar-refractivity contribution in [1.82, 2.24) is 0 Å². The Morgan fingerprint density at radius 1 is 0.775 bits per heavy atom. The summed E-state index contributed by atoms with van der Waals surface area (Å²) < 4.78 is 50.4. The summed E-state index contributed by atoms with van der Waals surface area (Å²) in [5.41, 5.74) is 0. The SMILES string of the molecule is CO[C@H]1CC[C@]23C=CC(C)[C@@H](CC(O)CC(O)CC4CCCC(CC(=O)OC(C(O)C/C=C/C/C=C\CC(O)C(=O)O)CC5(O)OC6(CCC5C)C[C@@H](OC)[C@H](O)[C@@H](CCC(C)C(O)C(O)C1O2)O6)O4)O3. The van der Waals surface area contributed by atoms with Crippen LogP contribution in [0.15, 0.2) is 36.5 Å². The molecule has 0 saturated carbocycles. The number of aliphatic hydroxyl groups excluding tert-OH is 7. The fourth-order valence-corrected chi connectivity index (χ4v) is 11.3. The van der Waals surface area contributed by atoms with Gasteiger partial charge in [0.25, 0.3) is 0 Å². The topological polar surface area (TPSA) is 290 Å².